The first-order chi connectivity index (χ1) is 17.1. The minimum Gasteiger partial charge on any atom is -0.446 e. The van der Waals surface area contributed by atoms with E-state index in [-0.39, 0.29) is 31.1 Å². The van der Waals surface area contributed by atoms with Crippen LogP contribution in [0.2, 0.25) is 5.02 Å². The lowest BCUT2D eigenvalue weighted by Gasteiger charge is -2.14. The van der Waals surface area contributed by atoms with Gasteiger partial charge in [-0.1, -0.05) is 41.1 Å². The van der Waals surface area contributed by atoms with Crippen LogP contribution in [0.15, 0.2) is 58.1 Å². The molecule has 2 heterocycles. The lowest BCUT2D eigenvalue weighted by atomic mass is 10.1. The zero-order valence-corrected chi connectivity index (χ0v) is 21.0. The van der Waals surface area contributed by atoms with Gasteiger partial charge in [0.15, 0.2) is 5.06 Å². The molecule has 2 aromatic heterocycles. The van der Waals surface area contributed by atoms with E-state index in [0.717, 1.165) is 21.5 Å². The maximum atomic E-state index is 13.4. The van der Waals surface area contributed by atoms with Crippen LogP contribution in [0.3, 0.4) is 0 Å². The summed E-state index contributed by atoms with van der Waals surface area (Å²) in [5, 5.41) is 10.4. The summed E-state index contributed by atoms with van der Waals surface area (Å²) in [7, 11) is 1.56. The Balaban J connectivity index is 1.87. The van der Waals surface area contributed by atoms with Gasteiger partial charge in [0.25, 0.3) is 5.56 Å². The number of halogens is 3. The summed E-state index contributed by atoms with van der Waals surface area (Å²) in [5.41, 5.74) is 0.399. The van der Waals surface area contributed by atoms with Crippen molar-refractivity contribution >= 4 is 33.2 Å². The van der Waals surface area contributed by atoms with Crippen LogP contribution in [0.4, 0.5) is 8.78 Å². The Hall–Kier alpha value is -3.21. The average molecular weight is 537 g/mol. The molecule has 0 spiro atoms. The third kappa shape index (κ3) is 5.61. The number of thiophene rings is 1. The number of aliphatic hydroxyl groups excluding tert-OH is 1. The second-order valence-electron chi connectivity index (χ2n) is 8.21. The number of aryl methyl sites for hydroxylation is 1. The van der Waals surface area contributed by atoms with Crippen molar-refractivity contribution in [2.75, 3.05) is 6.61 Å². The van der Waals surface area contributed by atoms with Gasteiger partial charge in [-0.15, -0.1) is 0 Å². The Bertz CT molecular complexity index is 1510. The average Bonchev–Trinajstić information content (AvgIpc) is 3.16. The molecule has 4 aromatic rings. The SMILES string of the molecule is Cn1c(=O)n(CCCO)c(=O)c2c(Cc3ccc(Cl)cc3)c(Oc3cccc(OC(C)(F)F)c3)sc21. The van der Waals surface area contributed by atoms with E-state index in [2.05, 4.69) is 4.74 Å². The third-order valence-corrected chi connectivity index (χ3v) is 6.82. The second kappa shape index (κ2) is 10.4. The van der Waals surface area contributed by atoms with E-state index in [4.69, 9.17) is 16.3 Å². The molecule has 0 amide bonds. The summed E-state index contributed by atoms with van der Waals surface area (Å²) < 4.78 is 39.9. The van der Waals surface area contributed by atoms with Crippen molar-refractivity contribution in [1.29, 1.82) is 0 Å². The minimum atomic E-state index is -3.37. The van der Waals surface area contributed by atoms with Crippen molar-refractivity contribution < 1.29 is 23.4 Å². The van der Waals surface area contributed by atoms with Gasteiger partial charge in [-0.25, -0.2) is 4.79 Å². The molecule has 1 N–H and O–H groups in total. The second-order valence-corrected chi connectivity index (χ2v) is 9.61. The minimum absolute atomic E-state index is 0.0645. The van der Waals surface area contributed by atoms with Crippen molar-refractivity contribution in [2.45, 2.75) is 32.4 Å². The first-order valence-electron chi connectivity index (χ1n) is 11.0. The molecule has 2 aromatic carbocycles. The van der Waals surface area contributed by atoms with Gasteiger partial charge >= 0.3 is 11.8 Å². The number of hydrogen-bond acceptors (Lipinski definition) is 6. The molecule has 7 nitrogen and oxygen atoms in total. The van der Waals surface area contributed by atoms with E-state index >= 15 is 0 Å². The van der Waals surface area contributed by atoms with Crippen LogP contribution in [0.25, 0.3) is 10.2 Å². The number of hydrogen-bond donors (Lipinski definition) is 1. The Kier molecular flexibility index (Phi) is 7.49. The summed E-state index contributed by atoms with van der Waals surface area (Å²) in [4.78, 5) is 26.7. The standard InChI is InChI=1S/C25H23ClF2N2O5S/c1-25(27,28)35-18-6-3-5-17(14-18)34-23-19(13-15-7-9-16(26)10-8-15)20-21(32)30(11-4-12-31)24(33)29(2)22(20)36-23/h3,5-10,14,31H,4,11-13H2,1-2H3. The molecule has 0 bridgehead atoms. The van der Waals surface area contributed by atoms with Gasteiger partial charge in [0.1, 0.15) is 16.3 Å². The van der Waals surface area contributed by atoms with Gasteiger partial charge in [-0.05, 0) is 36.2 Å². The Labute approximate surface area is 213 Å². The molecule has 0 aliphatic heterocycles. The highest BCUT2D eigenvalue weighted by molar-refractivity contribution is 7.20. The largest absolute Gasteiger partial charge is 0.446 e. The molecule has 190 valence electrons. The predicted octanol–water partition coefficient (Wildman–Crippen LogP) is 5.17. The number of ether oxygens (including phenoxy) is 2. The summed E-state index contributed by atoms with van der Waals surface area (Å²) in [6.45, 7) is 0.534. The fourth-order valence-electron chi connectivity index (χ4n) is 3.77. The number of benzene rings is 2. The van der Waals surface area contributed by atoms with E-state index in [1.165, 1.54) is 22.8 Å². The van der Waals surface area contributed by atoms with Crippen LogP contribution in [-0.4, -0.2) is 27.0 Å². The Morgan fingerprint density at radius 3 is 2.47 bits per heavy atom. The molecule has 0 atom stereocenters. The van der Waals surface area contributed by atoms with Gasteiger partial charge in [0.2, 0.25) is 0 Å². The summed E-state index contributed by atoms with van der Waals surface area (Å²) in [5.74, 6) is 0.144. The highest BCUT2D eigenvalue weighted by atomic mass is 35.5. The number of alkyl halides is 2. The van der Waals surface area contributed by atoms with Crippen LogP contribution in [0.5, 0.6) is 16.6 Å². The van der Waals surface area contributed by atoms with Crippen molar-refractivity contribution in [2.24, 2.45) is 7.05 Å². The molecule has 0 saturated heterocycles. The first-order valence-corrected chi connectivity index (χ1v) is 12.2. The molecule has 0 aliphatic rings. The van der Waals surface area contributed by atoms with Gasteiger partial charge in [0, 0.05) is 50.2 Å². The summed E-state index contributed by atoms with van der Waals surface area (Å²) in [6.07, 6.45) is -2.83. The van der Waals surface area contributed by atoms with Crippen molar-refractivity contribution in [3.63, 3.8) is 0 Å². The van der Waals surface area contributed by atoms with Gasteiger partial charge < -0.3 is 14.6 Å². The van der Waals surface area contributed by atoms with Crippen molar-refractivity contribution in [1.82, 2.24) is 9.13 Å². The number of rotatable bonds is 9. The molecule has 0 unspecified atom stereocenters. The van der Waals surface area contributed by atoms with E-state index in [1.54, 1.807) is 25.2 Å². The fourth-order valence-corrected chi connectivity index (χ4v) is 5.03. The zero-order chi connectivity index (χ0) is 26.0. The predicted molar refractivity (Wildman–Crippen MR) is 135 cm³/mol. The molecule has 11 heteroatoms. The van der Waals surface area contributed by atoms with Crippen LogP contribution in [-0.2, 0) is 20.0 Å². The molecular formula is C25H23ClF2N2O5S. The van der Waals surface area contributed by atoms with Crippen molar-refractivity contribution in [3.8, 4) is 16.6 Å². The number of aromatic nitrogens is 2. The molecule has 4 rings (SSSR count). The summed E-state index contributed by atoms with van der Waals surface area (Å²) in [6, 6.07) is 12.9. The van der Waals surface area contributed by atoms with E-state index < -0.39 is 17.4 Å². The molecule has 0 saturated carbocycles. The van der Waals surface area contributed by atoms with Crippen LogP contribution < -0.4 is 20.7 Å². The van der Waals surface area contributed by atoms with E-state index in [0.29, 0.717) is 39.2 Å². The monoisotopic (exact) mass is 536 g/mol. The lowest BCUT2D eigenvalue weighted by molar-refractivity contribution is -0.158. The molecule has 0 fully saturated rings. The molecule has 36 heavy (non-hydrogen) atoms. The number of nitrogens with zero attached hydrogens (tertiary/aromatic N) is 2. The number of aliphatic hydroxyl groups is 1. The van der Waals surface area contributed by atoms with Crippen molar-refractivity contribution in [3.05, 3.63) is 85.5 Å². The first kappa shape index (κ1) is 25.9. The molecule has 0 aliphatic carbocycles. The van der Waals surface area contributed by atoms with E-state index in [9.17, 15) is 23.5 Å². The maximum absolute atomic E-state index is 13.4. The topological polar surface area (TPSA) is 82.7 Å². The van der Waals surface area contributed by atoms with Gasteiger partial charge in [0.05, 0.1) is 5.39 Å². The van der Waals surface area contributed by atoms with Gasteiger partial charge in [-0.3, -0.25) is 13.9 Å². The highest BCUT2D eigenvalue weighted by Crippen LogP contribution is 2.40. The quantitative estimate of drug-likeness (QED) is 0.319. The molecule has 0 radical (unpaired) electrons. The third-order valence-electron chi connectivity index (χ3n) is 5.38. The van der Waals surface area contributed by atoms with E-state index in [1.807, 2.05) is 12.1 Å². The lowest BCUT2D eigenvalue weighted by Crippen LogP contribution is -2.39. The summed E-state index contributed by atoms with van der Waals surface area (Å²) >= 11 is 7.13. The zero-order valence-electron chi connectivity index (χ0n) is 19.5. The van der Waals surface area contributed by atoms with Gasteiger partial charge in [-0.2, -0.15) is 8.78 Å². The Morgan fingerprint density at radius 2 is 1.81 bits per heavy atom. The normalized spacial score (nSPS) is 11.7. The molecular weight excluding hydrogens is 514 g/mol. The maximum Gasteiger partial charge on any atom is 0.394 e. The number of fused-ring (bicyclic) bond motifs is 1. The smallest absolute Gasteiger partial charge is 0.394 e. The van der Waals surface area contributed by atoms with Crippen LogP contribution >= 0.6 is 22.9 Å². The Morgan fingerprint density at radius 1 is 1.11 bits per heavy atom. The fraction of sp³-hybridized carbons (Fsp3) is 0.280. The van der Waals surface area contributed by atoms with Crippen LogP contribution in [0, 0.1) is 0 Å². The van der Waals surface area contributed by atoms with Crippen LogP contribution in [0.1, 0.15) is 24.5 Å². The highest BCUT2D eigenvalue weighted by Gasteiger charge is 2.25.